The number of carbonyl (C=O) groups is 1. The van der Waals surface area contributed by atoms with Gasteiger partial charge < -0.3 is 4.90 Å². The Bertz CT molecular complexity index is 192. The third-order valence-electron chi connectivity index (χ3n) is 2.94. The highest BCUT2D eigenvalue weighted by molar-refractivity contribution is 5.85. The second kappa shape index (κ2) is 6.49. The predicted octanol–water partition coefficient (Wildman–Crippen LogP) is 2.90. The SMILES string of the molecule is CC(C)(C)C(=O)CCN1CCCCC1.Cl. The molecule has 0 saturated carbocycles. The quantitative estimate of drug-likeness (QED) is 0.747. The molecule has 1 heterocycles. The van der Waals surface area contributed by atoms with Gasteiger partial charge in [0, 0.05) is 18.4 Å². The predicted molar refractivity (Wildman–Crippen MR) is 66.6 cm³/mol. The summed E-state index contributed by atoms with van der Waals surface area (Å²) in [5, 5.41) is 0. The Morgan fingerprint density at radius 2 is 1.67 bits per heavy atom. The zero-order valence-electron chi connectivity index (χ0n) is 10.2. The first-order valence-electron chi connectivity index (χ1n) is 5.76. The molecule has 0 aromatic rings. The average molecular weight is 234 g/mol. The first kappa shape index (κ1) is 14.9. The summed E-state index contributed by atoms with van der Waals surface area (Å²) >= 11 is 0. The largest absolute Gasteiger partial charge is 0.303 e. The number of rotatable bonds is 3. The van der Waals surface area contributed by atoms with E-state index in [1.165, 1.54) is 32.4 Å². The summed E-state index contributed by atoms with van der Waals surface area (Å²) < 4.78 is 0. The van der Waals surface area contributed by atoms with Crippen molar-refractivity contribution in [2.45, 2.75) is 46.5 Å². The molecule has 0 radical (unpaired) electrons. The Hall–Kier alpha value is -0.0800. The second-order valence-electron chi connectivity index (χ2n) is 5.33. The van der Waals surface area contributed by atoms with E-state index in [0.29, 0.717) is 5.78 Å². The molecule has 0 unspecified atom stereocenters. The molecule has 0 spiro atoms. The molecule has 1 aliphatic heterocycles. The molecular weight excluding hydrogens is 210 g/mol. The first-order valence-corrected chi connectivity index (χ1v) is 5.76. The minimum absolute atomic E-state index is 0. The summed E-state index contributed by atoms with van der Waals surface area (Å²) in [6.07, 6.45) is 4.71. The van der Waals surface area contributed by atoms with Gasteiger partial charge in [0.2, 0.25) is 0 Å². The van der Waals surface area contributed by atoms with E-state index in [1.54, 1.807) is 0 Å². The summed E-state index contributed by atoms with van der Waals surface area (Å²) in [4.78, 5) is 14.1. The summed E-state index contributed by atoms with van der Waals surface area (Å²) in [5.74, 6) is 0.392. The summed E-state index contributed by atoms with van der Waals surface area (Å²) in [6.45, 7) is 9.37. The fourth-order valence-electron chi connectivity index (χ4n) is 1.82. The van der Waals surface area contributed by atoms with Gasteiger partial charge in [0.1, 0.15) is 5.78 Å². The molecule has 0 aromatic carbocycles. The molecule has 0 N–H and O–H groups in total. The van der Waals surface area contributed by atoms with E-state index in [2.05, 4.69) is 4.90 Å². The Morgan fingerprint density at radius 1 is 1.13 bits per heavy atom. The number of hydrogen-bond donors (Lipinski definition) is 0. The van der Waals surface area contributed by atoms with Crippen LogP contribution in [0.15, 0.2) is 0 Å². The van der Waals surface area contributed by atoms with Crippen LogP contribution >= 0.6 is 12.4 Å². The molecule has 2 nitrogen and oxygen atoms in total. The van der Waals surface area contributed by atoms with Gasteiger partial charge >= 0.3 is 0 Å². The van der Waals surface area contributed by atoms with Crippen LogP contribution in [0.25, 0.3) is 0 Å². The fraction of sp³-hybridized carbons (Fsp3) is 0.917. The van der Waals surface area contributed by atoms with Gasteiger partial charge in [0.25, 0.3) is 0 Å². The molecule has 15 heavy (non-hydrogen) atoms. The average Bonchev–Trinajstić information content (AvgIpc) is 2.14. The molecule has 1 rings (SSSR count). The minimum Gasteiger partial charge on any atom is -0.303 e. The smallest absolute Gasteiger partial charge is 0.139 e. The molecule has 0 aromatic heterocycles. The molecule has 0 bridgehead atoms. The Balaban J connectivity index is 0.00000196. The maximum Gasteiger partial charge on any atom is 0.139 e. The Labute approximate surface area is 99.8 Å². The summed E-state index contributed by atoms with van der Waals surface area (Å²) in [7, 11) is 0. The Kier molecular flexibility index (Phi) is 6.46. The van der Waals surface area contributed by atoms with Gasteiger partial charge in [-0.2, -0.15) is 0 Å². The van der Waals surface area contributed by atoms with Crippen molar-refractivity contribution in [3.63, 3.8) is 0 Å². The number of nitrogens with zero attached hydrogens (tertiary/aromatic N) is 1. The third-order valence-corrected chi connectivity index (χ3v) is 2.94. The van der Waals surface area contributed by atoms with Crippen LogP contribution in [0.2, 0.25) is 0 Å². The third kappa shape index (κ3) is 5.53. The van der Waals surface area contributed by atoms with Crippen LogP contribution in [0.1, 0.15) is 46.5 Å². The van der Waals surface area contributed by atoms with Gasteiger partial charge in [-0.25, -0.2) is 0 Å². The van der Waals surface area contributed by atoms with Gasteiger partial charge in [0.05, 0.1) is 0 Å². The number of likely N-dealkylation sites (tertiary alicyclic amines) is 1. The topological polar surface area (TPSA) is 20.3 Å². The lowest BCUT2D eigenvalue weighted by Crippen LogP contribution is -2.33. The molecular formula is C12H24ClNO. The second-order valence-corrected chi connectivity index (χ2v) is 5.33. The number of halogens is 1. The molecule has 0 atom stereocenters. The number of piperidine rings is 1. The van der Waals surface area contributed by atoms with E-state index in [-0.39, 0.29) is 17.8 Å². The van der Waals surface area contributed by atoms with E-state index >= 15 is 0 Å². The van der Waals surface area contributed by atoms with Gasteiger partial charge in [-0.05, 0) is 25.9 Å². The number of hydrogen-bond acceptors (Lipinski definition) is 2. The number of ketones is 1. The zero-order valence-corrected chi connectivity index (χ0v) is 11.0. The summed E-state index contributed by atoms with van der Waals surface area (Å²) in [5.41, 5.74) is -0.157. The Morgan fingerprint density at radius 3 is 2.13 bits per heavy atom. The maximum absolute atomic E-state index is 11.7. The number of carbonyl (C=O) groups excluding carboxylic acids is 1. The van der Waals surface area contributed by atoms with Crippen molar-refractivity contribution in [1.29, 1.82) is 0 Å². The van der Waals surface area contributed by atoms with E-state index < -0.39 is 0 Å². The van der Waals surface area contributed by atoms with E-state index in [4.69, 9.17) is 0 Å². The van der Waals surface area contributed by atoms with Crippen molar-refractivity contribution in [2.75, 3.05) is 19.6 Å². The molecule has 1 aliphatic rings. The molecule has 3 heteroatoms. The van der Waals surface area contributed by atoms with Crippen molar-refractivity contribution in [3.8, 4) is 0 Å². The van der Waals surface area contributed by atoms with Crippen LogP contribution in [0, 0.1) is 5.41 Å². The lowest BCUT2D eigenvalue weighted by atomic mass is 9.89. The molecule has 0 aliphatic carbocycles. The van der Waals surface area contributed by atoms with Crippen molar-refractivity contribution in [1.82, 2.24) is 4.90 Å². The maximum atomic E-state index is 11.7. The van der Waals surface area contributed by atoms with Crippen molar-refractivity contribution in [3.05, 3.63) is 0 Å². The molecule has 1 saturated heterocycles. The van der Waals surface area contributed by atoms with Gasteiger partial charge in [0.15, 0.2) is 0 Å². The molecule has 1 fully saturated rings. The highest BCUT2D eigenvalue weighted by Gasteiger charge is 2.21. The molecule has 0 amide bonds. The van der Waals surface area contributed by atoms with Crippen LogP contribution in [-0.4, -0.2) is 30.3 Å². The first-order chi connectivity index (χ1) is 6.50. The highest BCUT2D eigenvalue weighted by Crippen LogP contribution is 2.17. The minimum atomic E-state index is -0.157. The lowest BCUT2D eigenvalue weighted by Gasteiger charge is -2.27. The van der Waals surface area contributed by atoms with Crippen LogP contribution in [0.3, 0.4) is 0 Å². The summed E-state index contributed by atoms with van der Waals surface area (Å²) in [6, 6.07) is 0. The van der Waals surface area contributed by atoms with Crippen LogP contribution in [0.4, 0.5) is 0 Å². The highest BCUT2D eigenvalue weighted by atomic mass is 35.5. The van der Waals surface area contributed by atoms with Crippen LogP contribution in [-0.2, 0) is 4.79 Å². The normalized spacial score (nSPS) is 18.3. The monoisotopic (exact) mass is 233 g/mol. The van der Waals surface area contributed by atoms with Crippen molar-refractivity contribution in [2.24, 2.45) is 5.41 Å². The van der Waals surface area contributed by atoms with Gasteiger partial charge in [-0.1, -0.05) is 27.2 Å². The lowest BCUT2D eigenvalue weighted by molar-refractivity contribution is -0.126. The van der Waals surface area contributed by atoms with E-state index in [1.807, 2.05) is 20.8 Å². The van der Waals surface area contributed by atoms with Crippen LogP contribution in [0.5, 0.6) is 0 Å². The van der Waals surface area contributed by atoms with Gasteiger partial charge in [-0.3, -0.25) is 4.79 Å². The standard InChI is InChI=1S/C12H23NO.ClH/c1-12(2,3)11(14)7-10-13-8-5-4-6-9-13;/h4-10H2,1-3H3;1H. The zero-order chi connectivity index (χ0) is 10.6. The van der Waals surface area contributed by atoms with Crippen LogP contribution < -0.4 is 0 Å². The van der Waals surface area contributed by atoms with Crippen molar-refractivity contribution < 1.29 is 4.79 Å². The molecule has 90 valence electrons. The fourth-order valence-corrected chi connectivity index (χ4v) is 1.82. The van der Waals surface area contributed by atoms with Crippen molar-refractivity contribution >= 4 is 18.2 Å². The van der Waals surface area contributed by atoms with E-state index in [9.17, 15) is 4.79 Å². The number of Topliss-reactive ketones (excluding diaryl/α,β-unsaturated/α-hetero) is 1. The van der Waals surface area contributed by atoms with Gasteiger partial charge in [-0.15, -0.1) is 12.4 Å². The van der Waals surface area contributed by atoms with E-state index in [0.717, 1.165) is 13.0 Å².